The molecule has 0 spiro atoms. The molecule has 0 fully saturated rings. The standard InChI is InChI=1S/C9H13NO2/c1-6(11)9(7(2)12)8-4-3-5-10-8/h11H,3-5H2,1-2H3/b9-6-. The highest BCUT2D eigenvalue weighted by Gasteiger charge is 2.17. The van der Waals surface area contributed by atoms with Crippen molar-refractivity contribution in [1.29, 1.82) is 0 Å². The fourth-order valence-electron chi connectivity index (χ4n) is 1.41. The van der Waals surface area contributed by atoms with E-state index in [-0.39, 0.29) is 11.5 Å². The fourth-order valence-corrected chi connectivity index (χ4v) is 1.41. The third-order valence-corrected chi connectivity index (χ3v) is 1.88. The first kappa shape index (κ1) is 8.97. The molecule has 0 amide bonds. The average molecular weight is 167 g/mol. The highest BCUT2D eigenvalue weighted by molar-refractivity contribution is 6.22. The first-order chi connectivity index (χ1) is 5.63. The Morgan fingerprint density at radius 3 is 2.50 bits per heavy atom. The van der Waals surface area contributed by atoms with Crippen molar-refractivity contribution in [2.45, 2.75) is 26.7 Å². The molecule has 1 aliphatic rings. The molecular formula is C9H13NO2. The van der Waals surface area contributed by atoms with Crippen molar-refractivity contribution >= 4 is 11.5 Å². The van der Waals surface area contributed by atoms with Crippen molar-refractivity contribution in [3.63, 3.8) is 0 Å². The number of carbonyl (C=O) groups excluding carboxylic acids is 1. The van der Waals surface area contributed by atoms with E-state index in [1.807, 2.05) is 0 Å². The highest BCUT2D eigenvalue weighted by atomic mass is 16.3. The van der Waals surface area contributed by atoms with E-state index in [4.69, 9.17) is 0 Å². The Morgan fingerprint density at radius 2 is 2.17 bits per heavy atom. The second-order valence-corrected chi connectivity index (χ2v) is 2.95. The summed E-state index contributed by atoms with van der Waals surface area (Å²) in [6.07, 6.45) is 1.80. The summed E-state index contributed by atoms with van der Waals surface area (Å²) in [6, 6.07) is 0. The Bertz CT molecular complexity index is 260. The Balaban J connectivity index is 2.95. The predicted molar refractivity (Wildman–Crippen MR) is 47.5 cm³/mol. The summed E-state index contributed by atoms with van der Waals surface area (Å²) in [7, 11) is 0. The summed E-state index contributed by atoms with van der Waals surface area (Å²) in [6.45, 7) is 3.76. The molecule has 0 bridgehead atoms. The van der Waals surface area contributed by atoms with Crippen LogP contribution in [0.1, 0.15) is 26.7 Å². The van der Waals surface area contributed by atoms with Crippen LogP contribution < -0.4 is 0 Å². The first-order valence-electron chi connectivity index (χ1n) is 4.07. The van der Waals surface area contributed by atoms with Crippen molar-refractivity contribution < 1.29 is 9.90 Å². The maximum atomic E-state index is 11.1. The van der Waals surface area contributed by atoms with Gasteiger partial charge in [-0.25, -0.2) is 0 Å². The molecule has 0 aromatic rings. The van der Waals surface area contributed by atoms with Gasteiger partial charge in [-0.2, -0.15) is 0 Å². The second kappa shape index (κ2) is 3.52. The molecule has 0 aromatic heterocycles. The van der Waals surface area contributed by atoms with Crippen LogP contribution in [0.3, 0.4) is 0 Å². The van der Waals surface area contributed by atoms with Crippen LogP contribution in [0, 0.1) is 0 Å². The van der Waals surface area contributed by atoms with Crippen LogP contribution in [0.25, 0.3) is 0 Å². The molecule has 0 atom stereocenters. The predicted octanol–water partition coefficient (Wildman–Crippen LogP) is 1.64. The van der Waals surface area contributed by atoms with Gasteiger partial charge in [0.15, 0.2) is 5.78 Å². The highest BCUT2D eigenvalue weighted by Crippen LogP contribution is 2.15. The van der Waals surface area contributed by atoms with Gasteiger partial charge >= 0.3 is 0 Å². The minimum absolute atomic E-state index is 0.0863. The third kappa shape index (κ3) is 1.72. The molecule has 1 N–H and O–H groups in total. The van der Waals surface area contributed by atoms with Gasteiger partial charge < -0.3 is 5.11 Å². The van der Waals surface area contributed by atoms with Crippen molar-refractivity contribution in [2.24, 2.45) is 4.99 Å². The third-order valence-electron chi connectivity index (χ3n) is 1.88. The van der Waals surface area contributed by atoms with Crippen LogP contribution >= 0.6 is 0 Å². The molecule has 0 aliphatic carbocycles. The largest absolute Gasteiger partial charge is 0.512 e. The number of aliphatic imine (C=N–C) groups is 1. The first-order valence-corrected chi connectivity index (χ1v) is 4.07. The van der Waals surface area contributed by atoms with E-state index in [1.165, 1.54) is 13.8 Å². The summed E-state index contributed by atoms with van der Waals surface area (Å²) >= 11 is 0. The zero-order chi connectivity index (χ0) is 9.14. The maximum absolute atomic E-state index is 11.1. The number of aliphatic hydroxyl groups excluding tert-OH is 1. The summed E-state index contributed by atoms with van der Waals surface area (Å²) < 4.78 is 0. The van der Waals surface area contributed by atoms with Crippen molar-refractivity contribution in [2.75, 3.05) is 6.54 Å². The Kier molecular flexibility index (Phi) is 2.63. The fraction of sp³-hybridized carbons (Fsp3) is 0.556. The zero-order valence-corrected chi connectivity index (χ0v) is 7.42. The minimum Gasteiger partial charge on any atom is -0.512 e. The number of rotatable bonds is 2. The molecule has 0 aromatic carbocycles. The van der Waals surface area contributed by atoms with E-state index in [0.29, 0.717) is 5.57 Å². The lowest BCUT2D eigenvalue weighted by atomic mass is 10.0. The van der Waals surface area contributed by atoms with E-state index in [9.17, 15) is 9.90 Å². The van der Waals surface area contributed by atoms with Gasteiger partial charge in [-0.05, 0) is 26.7 Å². The van der Waals surface area contributed by atoms with Crippen molar-refractivity contribution in [3.05, 3.63) is 11.3 Å². The molecule has 0 radical (unpaired) electrons. The molecule has 3 nitrogen and oxygen atoms in total. The van der Waals surface area contributed by atoms with Crippen LogP contribution in [0.2, 0.25) is 0 Å². The zero-order valence-electron chi connectivity index (χ0n) is 7.42. The van der Waals surface area contributed by atoms with Crippen molar-refractivity contribution in [3.8, 4) is 0 Å². The number of carbonyl (C=O) groups is 1. The maximum Gasteiger partial charge on any atom is 0.164 e. The summed E-state index contributed by atoms with van der Waals surface area (Å²) in [5, 5.41) is 9.22. The van der Waals surface area contributed by atoms with E-state index in [2.05, 4.69) is 4.99 Å². The van der Waals surface area contributed by atoms with Gasteiger partial charge in [0.1, 0.15) is 5.76 Å². The van der Waals surface area contributed by atoms with Gasteiger partial charge in [-0.1, -0.05) is 0 Å². The van der Waals surface area contributed by atoms with Crippen LogP contribution in [0.4, 0.5) is 0 Å². The molecule has 0 unspecified atom stereocenters. The molecule has 66 valence electrons. The van der Waals surface area contributed by atoms with E-state index >= 15 is 0 Å². The Morgan fingerprint density at radius 1 is 1.50 bits per heavy atom. The molecule has 3 heteroatoms. The lowest BCUT2D eigenvalue weighted by Crippen LogP contribution is -2.10. The minimum atomic E-state index is -0.101. The van der Waals surface area contributed by atoms with Crippen LogP contribution in [-0.4, -0.2) is 23.1 Å². The topological polar surface area (TPSA) is 49.7 Å². The lowest BCUT2D eigenvalue weighted by molar-refractivity contribution is -0.113. The van der Waals surface area contributed by atoms with Gasteiger partial charge in [-0.3, -0.25) is 9.79 Å². The molecule has 1 heterocycles. The van der Waals surface area contributed by atoms with E-state index < -0.39 is 0 Å². The number of hydrogen-bond donors (Lipinski definition) is 1. The quantitative estimate of drug-likeness (QED) is 0.502. The monoisotopic (exact) mass is 167 g/mol. The molecule has 0 saturated heterocycles. The smallest absolute Gasteiger partial charge is 0.164 e. The summed E-state index contributed by atoms with van der Waals surface area (Å²) in [5.74, 6) is -0.0150. The number of ketones is 1. The van der Waals surface area contributed by atoms with Crippen LogP contribution in [0.15, 0.2) is 16.3 Å². The number of allylic oxidation sites excluding steroid dienone is 2. The average Bonchev–Trinajstić information content (AvgIpc) is 2.37. The van der Waals surface area contributed by atoms with Gasteiger partial charge in [0.25, 0.3) is 0 Å². The Labute approximate surface area is 71.8 Å². The number of Topliss-reactive ketones (excluding diaryl/α,β-unsaturated/α-hetero) is 1. The summed E-state index contributed by atoms with van der Waals surface area (Å²) in [5.41, 5.74) is 1.18. The number of aliphatic hydroxyl groups is 1. The van der Waals surface area contributed by atoms with E-state index in [1.54, 1.807) is 0 Å². The molecular weight excluding hydrogens is 154 g/mol. The normalized spacial score (nSPS) is 18.7. The Hall–Kier alpha value is -1.12. The van der Waals surface area contributed by atoms with E-state index in [0.717, 1.165) is 25.1 Å². The lowest BCUT2D eigenvalue weighted by Gasteiger charge is -2.03. The molecule has 0 saturated carbocycles. The number of nitrogens with zero attached hydrogens (tertiary/aromatic N) is 1. The van der Waals surface area contributed by atoms with Gasteiger partial charge in [-0.15, -0.1) is 0 Å². The van der Waals surface area contributed by atoms with Gasteiger partial charge in [0, 0.05) is 12.3 Å². The van der Waals surface area contributed by atoms with Gasteiger partial charge in [0.2, 0.25) is 0 Å². The second-order valence-electron chi connectivity index (χ2n) is 2.95. The van der Waals surface area contributed by atoms with Crippen molar-refractivity contribution in [1.82, 2.24) is 0 Å². The molecule has 12 heavy (non-hydrogen) atoms. The number of hydrogen-bond acceptors (Lipinski definition) is 3. The van der Waals surface area contributed by atoms with Gasteiger partial charge in [0.05, 0.1) is 5.57 Å². The molecule has 1 rings (SSSR count). The van der Waals surface area contributed by atoms with Crippen LogP contribution in [0.5, 0.6) is 0 Å². The van der Waals surface area contributed by atoms with Crippen LogP contribution in [-0.2, 0) is 4.79 Å². The molecule has 1 aliphatic heterocycles. The summed E-state index contributed by atoms with van der Waals surface area (Å²) in [4.78, 5) is 15.2. The SMILES string of the molecule is CC(=O)/C(C1=NCCC1)=C(\C)O.